The van der Waals surface area contributed by atoms with Gasteiger partial charge in [-0.3, -0.25) is 9.69 Å². The van der Waals surface area contributed by atoms with E-state index >= 15 is 17.6 Å². The highest BCUT2D eigenvalue weighted by Gasteiger charge is 2.33. The van der Waals surface area contributed by atoms with Crippen molar-refractivity contribution in [2.45, 2.75) is 84.6 Å². The Kier molecular flexibility index (Phi) is 11.2. The number of hydrogen-bond acceptors (Lipinski definition) is 6. The lowest BCUT2D eigenvalue weighted by Gasteiger charge is -2.32. The lowest BCUT2D eigenvalue weighted by molar-refractivity contribution is -0.159. The molecule has 0 fully saturated rings. The zero-order valence-electron chi connectivity index (χ0n) is 32.1. The first-order chi connectivity index (χ1) is 25.4. The molecular weight excluding hydrogens is 717 g/mol. The minimum absolute atomic E-state index is 0.00134. The van der Waals surface area contributed by atoms with E-state index in [1.165, 1.54) is 24.3 Å². The number of aromatic amines is 1. The molecular formula is C41H48F4N4O4Si. The standard InChI is InChI=1S/C41H48F4N4O4Si/c1-24(40(50)53-41(2,3)4)20-25-10-9-11-28(34(25)44)37-36-32(15-16-48(37)5)46-39(47-36)29-21-26(12-13-30(29)42)52-38-31(43)22-33-27(35(38)45)14-17-49(33)23-51-18-19-54(6,7)8/h9-14,17,21-22,24,37H,15-16,18-20,23H2,1-8H3,(H,46,47). The molecule has 0 bridgehead atoms. The summed E-state index contributed by atoms with van der Waals surface area (Å²) in [4.78, 5) is 22.6. The summed E-state index contributed by atoms with van der Waals surface area (Å²) in [5, 5.41) is 0.159. The molecule has 1 aliphatic rings. The van der Waals surface area contributed by atoms with Gasteiger partial charge < -0.3 is 23.8 Å². The van der Waals surface area contributed by atoms with E-state index in [-0.39, 0.29) is 35.7 Å². The largest absolute Gasteiger partial charge is 0.460 e. The van der Waals surface area contributed by atoms with E-state index in [9.17, 15) is 4.79 Å². The third-order valence-corrected chi connectivity index (χ3v) is 11.2. The number of carbonyl (C=O) groups excluding carboxylic acids is 1. The summed E-state index contributed by atoms with van der Waals surface area (Å²) >= 11 is 0. The molecule has 1 N–H and O–H groups in total. The molecule has 0 aliphatic carbocycles. The molecule has 0 radical (unpaired) electrons. The van der Waals surface area contributed by atoms with Crippen LogP contribution in [0.4, 0.5) is 17.6 Å². The Morgan fingerprint density at radius 1 is 1.04 bits per heavy atom. The Hall–Kier alpha value is -4.46. The fourth-order valence-electron chi connectivity index (χ4n) is 6.62. The summed E-state index contributed by atoms with van der Waals surface area (Å²) in [6, 6.07) is 12.0. The van der Waals surface area contributed by atoms with Crippen molar-refractivity contribution in [3.63, 3.8) is 0 Å². The lowest BCUT2D eigenvalue weighted by atomic mass is 9.92. The van der Waals surface area contributed by atoms with E-state index in [0.29, 0.717) is 47.6 Å². The molecule has 2 atom stereocenters. The van der Waals surface area contributed by atoms with Gasteiger partial charge in [0.1, 0.15) is 35.5 Å². The number of benzene rings is 3. The van der Waals surface area contributed by atoms with Crippen molar-refractivity contribution < 1.29 is 36.6 Å². The Labute approximate surface area is 314 Å². The molecule has 54 heavy (non-hydrogen) atoms. The predicted octanol–water partition coefficient (Wildman–Crippen LogP) is 9.79. The summed E-state index contributed by atoms with van der Waals surface area (Å²) in [5.74, 6) is -4.32. The van der Waals surface area contributed by atoms with E-state index in [4.69, 9.17) is 19.2 Å². The molecule has 5 aromatic rings. The van der Waals surface area contributed by atoms with E-state index in [2.05, 4.69) is 24.6 Å². The van der Waals surface area contributed by atoms with Gasteiger partial charge in [0.15, 0.2) is 17.4 Å². The Bertz CT molecular complexity index is 2170. The number of imidazole rings is 1. The molecule has 0 saturated carbocycles. The van der Waals surface area contributed by atoms with Gasteiger partial charge in [0.2, 0.25) is 0 Å². The summed E-state index contributed by atoms with van der Waals surface area (Å²) < 4.78 is 81.5. The van der Waals surface area contributed by atoms with Crippen molar-refractivity contribution in [1.29, 1.82) is 0 Å². The summed E-state index contributed by atoms with van der Waals surface area (Å²) in [6.45, 7) is 15.1. The van der Waals surface area contributed by atoms with E-state index in [0.717, 1.165) is 12.1 Å². The van der Waals surface area contributed by atoms with Gasteiger partial charge in [0.25, 0.3) is 0 Å². The molecule has 3 heterocycles. The fraction of sp³-hybridized carbons (Fsp3) is 0.415. The summed E-state index contributed by atoms with van der Waals surface area (Å²) in [5.41, 5.74) is 1.66. The van der Waals surface area contributed by atoms with Crippen molar-refractivity contribution in [3.8, 4) is 22.9 Å². The van der Waals surface area contributed by atoms with Crippen LogP contribution >= 0.6 is 0 Å². The van der Waals surface area contributed by atoms with Gasteiger partial charge in [-0.25, -0.2) is 22.5 Å². The van der Waals surface area contributed by atoms with Crippen molar-refractivity contribution >= 4 is 24.9 Å². The second kappa shape index (κ2) is 15.3. The topological polar surface area (TPSA) is 81.6 Å². The number of carbonyl (C=O) groups is 1. The van der Waals surface area contributed by atoms with Crippen LogP contribution in [0, 0.1) is 29.2 Å². The number of hydrogen-bond donors (Lipinski definition) is 1. The first-order valence-electron chi connectivity index (χ1n) is 18.2. The number of likely N-dealkylation sites (N-methyl/N-ethyl adjacent to an activating group) is 1. The molecule has 6 rings (SSSR count). The van der Waals surface area contributed by atoms with Crippen molar-refractivity contribution in [2.75, 3.05) is 20.2 Å². The van der Waals surface area contributed by atoms with Crippen LogP contribution in [0.25, 0.3) is 22.3 Å². The number of ether oxygens (including phenoxy) is 3. The number of nitrogens with one attached hydrogen (secondary N) is 1. The van der Waals surface area contributed by atoms with Crippen LogP contribution in [0.15, 0.2) is 54.7 Å². The number of nitrogens with zero attached hydrogens (tertiary/aromatic N) is 3. The monoisotopic (exact) mass is 764 g/mol. The number of H-pyrrole nitrogens is 1. The third kappa shape index (κ3) is 8.58. The third-order valence-electron chi connectivity index (χ3n) is 9.53. The molecule has 13 heteroatoms. The average Bonchev–Trinajstić information content (AvgIpc) is 3.70. The van der Waals surface area contributed by atoms with Crippen LogP contribution in [0.2, 0.25) is 25.7 Å². The molecule has 2 aromatic heterocycles. The molecule has 3 aromatic carbocycles. The molecule has 0 amide bonds. The highest BCUT2D eigenvalue weighted by molar-refractivity contribution is 6.76. The van der Waals surface area contributed by atoms with Gasteiger partial charge in [0.05, 0.1) is 28.7 Å². The normalized spacial score (nSPS) is 15.7. The Balaban J connectivity index is 1.25. The van der Waals surface area contributed by atoms with Gasteiger partial charge in [0, 0.05) is 56.6 Å². The van der Waals surface area contributed by atoms with Gasteiger partial charge in [-0.1, -0.05) is 44.8 Å². The second-order valence-electron chi connectivity index (χ2n) is 16.4. The number of esters is 1. The number of fused-ring (bicyclic) bond motifs is 2. The molecule has 0 spiro atoms. The van der Waals surface area contributed by atoms with Crippen LogP contribution < -0.4 is 4.74 Å². The molecule has 0 saturated heterocycles. The van der Waals surface area contributed by atoms with E-state index in [1.54, 1.807) is 56.7 Å². The number of halogens is 4. The molecule has 288 valence electrons. The number of rotatable bonds is 12. The van der Waals surface area contributed by atoms with Gasteiger partial charge in [-0.05, 0) is 70.1 Å². The first kappa shape index (κ1) is 39.2. The van der Waals surface area contributed by atoms with Crippen LogP contribution in [0.1, 0.15) is 56.3 Å². The Morgan fingerprint density at radius 3 is 2.52 bits per heavy atom. The fourth-order valence-corrected chi connectivity index (χ4v) is 7.38. The minimum atomic E-state index is -1.29. The average molecular weight is 765 g/mol. The first-order valence-corrected chi connectivity index (χ1v) is 21.9. The SMILES string of the molecule is CC(Cc1cccc(C2c3nc(-c4cc(Oc5c(F)cc6c(ccn6COCC[Si](C)(C)C)c5F)ccc4F)[nH]c3CCN2C)c1F)C(=O)OC(C)(C)C. The van der Waals surface area contributed by atoms with E-state index in [1.807, 2.05) is 11.9 Å². The molecule has 1 aliphatic heterocycles. The van der Waals surface area contributed by atoms with Crippen molar-refractivity contribution in [1.82, 2.24) is 19.4 Å². The van der Waals surface area contributed by atoms with Crippen LogP contribution in [0.5, 0.6) is 11.5 Å². The Morgan fingerprint density at radius 2 is 1.80 bits per heavy atom. The van der Waals surface area contributed by atoms with Crippen LogP contribution in [0.3, 0.4) is 0 Å². The predicted molar refractivity (Wildman–Crippen MR) is 203 cm³/mol. The van der Waals surface area contributed by atoms with Crippen LogP contribution in [-0.4, -0.2) is 59.3 Å². The maximum Gasteiger partial charge on any atom is 0.309 e. The van der Waals surface area contributed by atoms with Crippen LogP contribution in [-0.2, 0) is 33.8 Å². The highest BCUT2D eigenvalue weighted by atomic mass is 28.3. The van der Waals surface area contributed by atoms with Crippen molar-refractivity contribution in [2.24, 2.45) is 5.92 Å². The zero-order chi connectivity index (χ0) is 39.1. The zero-order valence-corrected chi connectivity index (χ0v) is 33.1. The van der Waals surface area contributed by atoms with Crippen molar-refractivity contribution in [3.05, 3.63) is 101 Å². The summed E-state index contributed by atoms with van der Waals surface area (Å²) in [7, 11) is 0.570. The maximum atomic E-state index is 16.3. The minimum Gasteiger partial charge on any atom is -0.460 e. The van der Waals surface area contributed by atoms with Gasteiger partial charge in [-0.2, -0.15) is 0 Å². The molecule has 8 nitrogen and oxygen atoms in total. The second-order valence-corrected chi connectivity index (χ2v) is 22.0. The smallest absolute Gasteiger partial charge is 0.309 e. The lowest BCUT2D eigenvalue weighted by Crippen LogP contribution is -2.33. The molecule has 2 unspecified atom stereocenters. The quantitative estimate of drug-likeness (QED) is 0.0590. The van der Waals surface area contributed by atoms with E-state index < -0.39 is 60.6 Å². The summed E-state index contributed by atoms with van der Waals surface area (Å²) in [6.07, 6.45) is 2.33. The maximum absolute atomic E-state index is 16.3. The number of aromatic nitrogens is 3. The van der Waals surface area contributed by atoms with Gasteiger partial charge >= 0.3 is 5.97 Å². The highest BCUT2D eigenvalue weighted by Crippen LogP contribution is 2.39. The van der Waals surface area contributed by atoms with Gasteiger partial charge in [-0.15, -0.1) is 0 Å².